The maximum atomic E-state index is 12.3. The Morgan fingerprint density at radius 3 is 1.71 bits per heavy atom. The van der Waals surface area contributed by atoms with Gasteiger partial charge in [-0.05, 0) is 32.0 Å². The standard InChI is InChI=1S/C16H14N4O2S2/c1-9-7-23-15(17-9)19-13(21)11-4-3-5-12(6-11)14(22)20-16-18-10(2)8-24-16/h3-8H,1-2H3,(H,17,19,21)(H,18,20,22). The molecule has 0 aliphatic heterocycles. The van der Waals surface area contributed by atoms with Gasteiger partial charge in [0.25, 0.3) is 11.8 Å². The lowest BCUT2D eigenvalue weighted by molar-refractivity contribution is 0.102. The molecule has 2 amide bonds. The molecule has 1 aromatic carbocycles. The maximum absolute atomic E-state index is 12.3. The van der Waals surface area contributed by atoms with Crippen molar-refractivity contribution in [2.45, 2.75) is 13.8 Å². The molecule has 0 atom stereocenters. The highest BCUT2D eigenvalue weighted by atomic mass is 32.1. The Bertz CT molecular complexity index is 831. The number of aromatic nitrogens is 2. The summed E-state index contributed by atoms with van der Waals surface area (Å²) in [6, 6.07) is 6.52. The number of thiazole rings is 2. The average molecular weight is 358 g/mol. The van der Waals surface area contributed by atoms with E-state index in [1.807, 2.05) is 24.6 Å². The van der Waals surface area contributed by atoms with Crippen molar-refractivity contribution in [2.24, 2.45) is 0 Å². The van der Waals surface area contributed by atoms with E-state index in [-0.39, 0.29) is 11.8 Å². The first kappa shape index (κ1) is 16.3. The van der Waals surface area contributed by atoms with Gasteiger partial charge in [-0.2, -0.15) is 0 Å². The molecule has 2 aromatic heterocycles. The normalized spacial score (nSPS) is 10.4. The van der Waals surface area contributed by atoms with Gasteiger partial charge >= 0.3 is 0 Å². The first-order chi connectivity index (χ1) is 11.5. The van der Waals surface area contributed by atoms with Crippen LogP contribution in [-0.2, 0) is 0 Å². The van der Waals surface area contributed by atoms with Crippen molar-refractivity contribution in [3.63, 3.8) is 0 Å². The molecule has 6 nitrogen and oxygen atoms in total. The molecule has 0 aliphatic carbocycles. The summed E-state index contributed by atoms with van der Waals surface area (Å²) in [5.74, 6) is -0.604. The topological polar surface area (TPSA) is 84.0 Å². The van der Waals surface area contributed by atoms with E-state index in [9.17, 15) is 9.59 Å². The summed E-state index contributed by atoms with van der Waals surface area (Å²) < 4.78 is 0. The van der Waals surface area contributed by atoms with Gasteiger partial charge in [-0.15, -0.1) is 22.7 Å². The van der Waals surface area contributed by atoms with Gasteiger partial charge in [0.15, 0.2) is 10.3 Å². The molecule has 3 rings (SSSR count). The van der Waals surface area contributed by atoms with E-state index in [1.165, 1.54) is 22.7 Å². The smallest absolute Gasteiger partial charge is 0.257 e. The number of nitrogens with one attached hydrogen (secondary N) is 2. The summed E-state index contributed by atoms with van der Waals surface area (Å²) in [5.41, 5.74) is 2.49. The van der Waals surface area contributed by atoms with Crippen LogP contribution in [0.15, 0.2) is 35.0 Å². The van der Waals surface area contributed by atoms with E-state index in [0.29, 0.717) is 21.4 Å². The summed E-state index contributed by atoms with van der Waals surface area (Å²) >= 11 is 2.72. The largest absolute Gasteiger partial charge is 0.298 e. The molecule has 0 aliphatic rings. The first-order valence-electron chi connectivity index (χ1n) is 7.08. The predicted octanol–water partition coefficient (Wildman–Crippen LogP) is 3.72. The SMILES string of the molecule is Cc1csc(NC(=O)c2cccc(C(=O)Nc3nc(C)cs3)c2)n1. The third-order valence-electron chi connectivity index (χ3n) is 3.07. The highest BCUT2D eigenvalue weighted by Crippen LogP contribution is 2.18. The van der Waals surface area contributed by atoms with Gasteiger partial charge in [0, 0.05) is 21.9 Å². The molecule has 2 N–H and O–H groups in total. The zero-order valence-corrected chi connectivity index (χ0v) is 14.6. The number of carbonyl (C=O) groups excluding carboxylic acids is 2. The molecule has 0 saturated heterocycles. The van der Waals surface area contributed by atoms with E-state index >= 15 is 0 Å². The number of carbonyl (C=O) groups is 2. The lowest BCUT2D eigenvalue weighted by Gasteiger charge is -2.05. The zero-order valence-electron chi connectivity index (χ0n) is 13.0. The number of nitrogens with zero attached hydrogens (tertiary/aromatic N) is 2. The van der Waals surface area contributed by atoms with Gasteiger partial charge in [0.2, 0.25) is 0 Å². The van der Waals surface area contributed by atoms with Crippen LogP contribution in [-0.4, -0.2) is 21.8 Å². The number of benzene rings is 1. The second-order valence-electron chi connectivity index (χ2n) is 5.08. The third kappa shape index (κ3) is 3.84. The van der Waals surface area contributed by atoms with Crippen molar-refractivity contribution in [3.05, 3.63) is 57.5 Å². The number of aryl methyl sites for hydroxylation is 2. The van der Waals surface area contributed by atoms with Crippen LogP contribution in [0.4, 0.5) is 10.3 Å². The molecule has 2 heterocycles. The molecule has 0 unspecified atom stereocenters. The third-order valence-corrected chi connectivity index (χ3v) is 4.82. The Morgan fingerprint density at radius 1 is 0.875 bits per heavy atom. The minimum absolute atomic E-state index is 0.302. The van der Waals surface area contributed by atoms with E-state index in [1.54, 1.807) is 24.3 Å². The Kier molecular flexibility index (Phi) is 4.68. The lowest BCUT2D eigenvalue weighted by atomic mass is 10.1. The lowest BCUT2D eigenvalue weighted by Crippen LogP contribution is -2.15. The number of anilines is 2. The van der Waals surface area contributed by atoms with Crippen LogP contribution in [0, 0.1) is 13.8 Å². The molecule has 3 aromatic rings. The van der Waals surface area contributed by atoms with Crippen molar-refractivity contribution in [1.29, 1.82) is 0 Å². The molecule has 8 heteroatoms. The molecule has 24 heavy (non-hydrogen) atoms. The minimum atomic E-state index is -0.302. The van der Waals surface area contributed by atoms with Gasteiger partial charge in [-0.25, -0.2) is 9.97 Å². The predicted molar refractivity (Wildman–Crippen MR) is 96.1 cm³/mol. The number of rotatable bonds is 4. The van der Waals surface area contributed by atoms with Crippen molar-refractivity contribution in [2.75, 3.05) is 10.6 Å². The molecular formula is C16H14N4O2S2. The summed E-state index contributed by atoms with van der Waals surface area (Å²) in [6.07, 6.45) is 0. The number of amides is 2. The van der Waals surface area contributed by atoms with E-state index in [2.05, 4.69) is 20.6 Å². The minimum Gasteiger partial charge on any atom is -0.298 e. The van der Waals surface area contributed by atoms with Gasteiger partial charge in [0.05, 0.1) is 11.4 Å². The first-order valence-corrected chi connectivity index (χ1v) is 8.84. The van der Waals surface area contributed by atoms with Crippen LogP contribution in [0.1, 0.15) is 32.1 Å². The molecule has 0 saturated carbocycles. The van der Waals surface area contributed by atoms with Gasteiger partial charge in [-0.1, -0.05) is 6.07 Å². The van der Waals surface area contributed by atoms with Crippen molar-refractivity contribution < 1.29 is 9.59 Å². The highest BCUT2D eigenvalue weighted by Gasteiger charge is 2.13. The van der Waals surface area contributed by atoms with Crippen LogP contribution < -0.4 is 10.6 Å². The van der Waals surface area contributed by atoms with Crippen LogP contribution in [0.5, 0.6) is 0 Å². The summed E-state index contributed by atoms with van der Waals surface area (Å²) in [6.45, 7) is 3.72. The number of hydrogen-bond acceptors (Lipinski definition) is 6. The Morgan fingerprint density at radius 2 is 1.33 bits per heavy atom. The molecular weight excluding hydrogens is 344 g/mol. The van der Waals surface area contributed by atoms with E-state index < -0.39 is 0 Å². The van der Waals surface area contributed by atoms with Gasteiger partial charge < -0.3 is 0 Å². The van der Waals surface area contributed by atoms with Crippen LogP contribution in [0.2, 0.25) is 0 Å². The van der Waals surface area contributed by atoms with Crippen molar-refractivity contribution >= 4 is 44.8 Å². The van der Waals surface area contributed by atoms with Crippen LogP contribution >= 0.6 is 22.7 Å². The fraction of sp³-hybridized carbons (Fsp3) is 0.125. The Balaban J connectivity index is 1.73. The van der Waals surface area contributed by atoms with Crippen molar-refractivity contribution in [1.82, 2.24) is 9.97 Å². The second-order valence-corrected chi connectivity index (χ2v) is 6.79. The highest BCUT2D eigenvalue weighted by molar-refractivity contribution is 7.14. The molecule has 0 fully saturated rings. The fourth-order valence-corrected chi connectivity index (χ4v) is 3.33. The molecule has 0 radical (unpaired) electrons. The summed E-state index contributed by atoms with van der Waals surface area (Å²) in [5, 5.41) is 10.2. The second kappa shape index (κ2) is 6.90. The summed E-state index contributed by atoms with van der Waals surface area (Å²) in [7, 11) is 0. The fourth-order valence-electron chi connectivity index (χ4n) is 1.96. The summed E-state index contributed by atoms with van der Waals surface area (Å²) in [4.78, 5) is 32.9. The van der Waals surface area contributed by atoms with E-state index in [0.717, 1.165) is 11.4 Å². The quantitative estimate of drug-likeness (QED) is 0.744. The molecule has 122 valence electrons. The van der Waals surface area contributed by atoms with E-state index in [4.69, 9.17) is 0 Å². The van der Waals surface area contributed by atoms with Crippen molar-refractivity contribution in [3.8, 4) is 0 Å². The molecule has 0 spiro atoms. The Hall–Kier alpha value is -2.58. The van der Waals surface area contributed by atoms with Crippen LogP contribution in [0.3, 0.4) is 0 Å². The average Bonchev–Trinajstić information content (AvgIpc) is 3.15. The molecule has 0 bridgehead atoms. The van der Waals surface area contributed by atoms with Crippen LogP contribution in [0.25, 0.3) is 0 Å². The maximum Gasteiger partial charge on any atom is 0.257 e. The van der Waals surface area contributed by atoms with Gasteiger partial charge in [0.1, 0.15) is 0 Å². The number of hydrogen-bond donors (Lipinski definition) is 2. The Labute approximate surface area is 146 Å². The van der Waals surface area contributed by atoms with Gasteiger partial charge in [-0.3, -0.25) is 20.2 Å². The zero-order chi connectivity index (χ0) is 17.1. The monoisotopic (exact) mass is 358 g/mol.